The van der Waals surface area contributed by atoms with E-state index in [2.05, 4.69) is 5.32 Å². The monoisotopic (exact) mass is 322 g/mol. The summed E-state index contributed by atoms with van der Waals surface area (Å²) < 4.78 is 0. The third kappa shape index (κ3) is 3.65. The van der Waals surface area contributed by atoms with Gasteiger partial charge in [-0.3, -0.25) is 9.59 Å². The van der Waals surface area contributed by atoms with Crippen molar-refractivity contribution in [1.82, 2.24) is 5.32 Å². The van der Waals surface area contributed by atoms with Crippen molar-refractivity contribution < 1.29 is 9.59 Å². The van der Waals surface area contributed by atoms with Gasteiger partial charge in [-0.2, -0.15) is 0 Å². The Morgan fingerprint density at radius 1 is 1.08 bits per heavy atom. The molecule has 2 aromatic rings. The molecule has 2 amide bonds. The molecule has 2 aromatic carbocycles. The van der Waals surface area contributed by atoms with Gasteiger partial charge in [0, 0.05) is 29.4 Å². The number of hydrogen-bond acceptors (Lipinski definition) is 2. The van der Waals surface area contributed by atoms with Crippen LogP contribution in [0.5, 0.6) is 0 Å². The summed E-state index contributed by atoms with van der Waals surface area (Å²) in [7, 11) is 0. The zero-order chi connectivity index (χ0) is 17.1. The van der Waals surface area contributed by atoms with E-state index in [1.807, 2.05) is 38.1 Å². The smallest absolute Gasteiger partial charge is 0.258 e. The minimum atomic E-state index is -0.0671. The maximum absolute atomic E-state index is 12.8. The molecule has 124 valence electrons. The molecule has 3 rings (SSSR count). The SMILES string of the molecule is CCN(C(=O)c1ccc(C(=O)NC2CC2)cc1)c1cccc(C)c1. The number of anilines is 1. The number of rotatable bonds is 5. The lowest BCUT2D eigenvalue weighted by atomic mass is 10.1. The van der Waals surface area contributed by atoms with Crippen LogP contribution in [0.15, 0.2) is 48.5 Å². The molecule has 0 heterocycles. The van der Waals surface area contributed by atoms with Crippen molar-refractivity contribution in [2.24, 2.45) is 0 Å². The summed E-state index contributed by atoms with van der Waals surface area (Å²) in [5.41, 5.74) is 3.18. The van der Waals surface area contributed by atoms with Crippen molar-refractivity contribution in [3.05, 3.63) is 65.2 Å². The first-order valence-electron chi connectivity index (χ1n) is 8.38. The second-order valence-corrected chi connectivity index (χ2v) is 6.21. The molecule has 0 bridgehead atoms. The molecular weight excluding hydrogens is 300 g/mol. The van der Waals surface area contributed by atoms with Crippen LogP contribution in [0.25, 0.3) is 0 Å². The van der Waals surface area contributed by atoms with Crippen LogP contribution in [-0.2, 0) is 0 Å². The third-order valence-electron chi connectivity index (χ3n) is 4.18. The van der Waals surface area contributed by atoms with E-state index in [0.717, 1.165) is 24.1 Å². The van der Waals surface area contributed by atoms with Gasteiger partial charge in [-0.25, -0.2) is 0 Å². The molecule has 0 radical (unpaired) electrons. The fourth-order valence-corrected chi connectivity index (χ4v) is 2.66. The number of nitrogens with one attached hydrogen (secondary N) is 1. The molecule has 24 heavy (non-hydrogen) atoms. The highest BCUT2D eigenvalue weighted by molar-refractivity contribution is 6.06. The van der Waals surface area contributed by atoms with E-state index in [1.54, 1.807) is 29.2 Å². The third-order valence-corrected chi connectivity index (χ3v) is 4.18. The first-order valence-corrected chi connectivity index (χ1v) is 8.38. The van der Waals surface area contributed by atoms with Crippen molar-refractivity contribution in [2.75, 3.05) is 11.4 Å². The lowest BCUT2D eigenvalue weighted by molar-refractivity contribution is 0.0947. The second-order valence-electron chi connectivity index (χ2n) is 6.21. The lowest BCUT2D eigenvalue weighted by Crippen LogP contribution is -2.30. The highest BCUT2D eigenvalue weighted by atomic mass is 16.2. The molecule has 1 aliphatic rings. The van der Waals surface area contributed by atoms with Gasteiger partial charge in [0.15, 0.2) is 0 Å². The maximum atomic E-state index is 12.8. The van der Waals surface area contributed by atoms with Crippen molar-refractivity contribution in [2.45, 2.75) is 32.7 Å². The Morgan fingerprint density at radius 3 is 2.33 bits per heavy atom. The highest BCUT2D eigenvalue weighted by Gasteiger charge is 2.24. The number of hydrogen-bond donors (Lipinski definition) is 1. The van der Waals surface area contributed by atoms with Crippen molar-refractivity contribution in [3.63, 3.8) is 0 Å². The van der Waals surface area contributed by atoms with Crippen molar-refractivity contribution in [3.8, 4) is 0 Å². The van der Waals surface area contributed by atoms with Crippen LogP contribution >= 0.6 is 0 Å². The van der Waals surface area contributed by atoms with E-state index in [0.29, 0.717) is 23.7 Å². The summed E-state index contributed by atoms with van der Waals surface area (Å²) in [4.78, 5) is 26.5. The number of aryl methyl sites for hydroxylation is 1. The van der Waals surface area contributed by atoms with Crippen LogP contribution in [0.4, 0.5) is 5.69 Å². The zero-order valence-electron chi connectivity index (χ0n) is 14.1. The van der Waals surface area contributed by atoms with Crippen LogP contribution < -0.4 is 10.2 Å². The van der Waals surface area contributed by atoms with E-state index in [9.17, 15) is 9.59 Å². The average Bonchev–Trinajstić information content (AvgIpc) is 3.39. The van der Waals surface area contributed by atoms with Gasteiger partial charge < -0.3 is 10.2 Å². The molecule has 0 unspecified atom stereocenters. The first kappa shape index (κ1) is 16.2. The fraction of sp³-hybridized carbons (Fsp3) is 0.300. The zero-order valence-corrected chi connectivity index (χ0v) is 14.1. The molecule has 1 fully saturated rings. The molecular formula is C20H22N2O2. The first-order chi connectivity index (χ1) is 11.6. The number of amides is 2. The number of benzene rings is 2. The topological polar surface area (TPSA) is 49.4 Å². The molecule has 1 aliphatic carbocycles. The normalized spacial score (nSPS) is 13.4. The minimum Gasteiger partial charge on any atom is -0.349 e. The van der Waals surface area contributed by atoms with Gasteiger partial charge in [0.25, 0.3) is 11.8 Å². The Hall–Kier alpha value is -2.62. The van der Waals surface area contributed by atoms with Crippen LogP contribution in [0.2, 0.25) is 0 Å². The van der Waals surface area contributed by atoms with Crippen LogP contribution in [0.3, 0.4) is 0 Å². The van der Waals surface area contributed by atoms with Crippen molar-refractivity contribution in [1.29, 1.82) is 0 Å². The molecule has 0 spiro atoms. The van der Waals surface area contributed by atoms with E-state index < -0.39 is 0 Å². The summed E-state index contributed by atoms with van der Waals surface area (Å²) >= 11 is 0. The second kappa shape index (κ2) is 6.87. The Balaban J connectivity index is 1.76. The van der Waals surface area contributed by atoms with Crippen LogP contribution in [0.1, 0.15) is 46.0 Å². The van der Waals surface area contributed by atoms with Gasteiger partial charge in [0.05, 0.1) is 0 Å². The van der Waals surface area contributed by atoms with E-state index >= 15 is 0 Å². The molecule has 0 saturated heterocycles. The van der Waals surface area contributed by atoms with Gasteiger partial charge >= 0.3 is 0 Å². The average molecular weight is 322 g/mol. The number of nitrogens with zero attached hydrogens (tertiary/aromatic N) is 1. The van der Waals surface area contributed by atoms with E-state index in [1.165, 1.54) is 0 Å². The quantitative estimate of drug-likeness (QED) is 0.915. The predicted octanol–water partition coefficient (Wildman–Crippen LogP) is 3.55. The highest BCUT2D eigenvalue weighted by Crippen LogP contribution is 2.21. The molecule has 1 saturated carbocycles. The largest absolute Gasteiger partial charge is 0.349 e. The summed E-state index contributed by atoms with van der Waals surface area (Å²) in [6, 6.07) is 15.1. The number of carbonyl (C=O) groups excluding carboxylic acids is 2. The van der Waals surface area contributed by atoms with Gasteiger partial charge in [0.1, 0.15) is 0 Å². The van der Waals surface area contributed by atoms with Crippen LogP contribution in [-0.4, -0.2) is 24.4 Å². The summed E-state index contributed by atoms with van der Waals surface area (Å²) in [6.07, 6.45) is 2.12. The predicted molar refractivity (Wildman–Crippen MR) is 95.5 cm³/mol. The minimum absolute atomic E-state index is 0.0581. The summed E-state index contributed by atoms with van der Waals surface area (Å²) in [6.45, 7) is 4.55. The molecule has 4 nitrogen and oxygen atoms in total. The molecule has 1 N–H and O–H groups in total. The molecule has 4 heteroatoms. The van der Waals surface area contributed by atoms with E-state index in [-0.39, 0.29) is 11.8 Å². The Morgan fingerprint density at radius 2 is 1.75 bits per heavy atom. The fourth-order valence-electron chi connectivity index (χ4n) is 2.66. The van der Waals surface area contributed by atoms with E-state index in [4.69, 9.17) is 0 Å². The van der Waals surface area contributed by atoms with Crippen LogP contribution in [0, 0.1) is 6.92 Å². The Kier molecular flexibility index (Phi) is 4.65. The standard InChI is InChI=1S/C20H22N2O2/c1-3-22(18-6-4-5-14(2)13-18)20(24)16-9-7-15(8-10-16)19(23)21-17-11-12-17/h4-10,13,17H,3,11-12H2,1-2H3,(H,21,23). The Bertz CT molecular complexity index is 748. The van der Waals surface area contributed by atoms with Gasteiger partial charge in [-0.1, -0.05) is 12.1 Å². The lowest BCUT2D eigenvalue weighted by Gasteiger charge is -2.21. The number of carbonyl (C=O) groups is 2. The summed E-state index contributed by atoms with van der Waals surface area (Å²) in [5.74, 6) is -0.125. The molecule has 0 aromatic heterocycles. The molecule has 0 aliphatic heterocycles. The van der Waals surface area contributed by atoms with Gasteiger partial charge in [0.2, 0.25) is 0 Å². The van der Waals surface area contributed by atoms with Gasteiger partial charge in [-0.15, -0.1) is 0 Å². The van der Waals surface area contributed by atoms with Crippen molar-refractivity contribution >= 4 is 17.5 Å². The Labute approximate surface area is 142 Å². The molecule has 0 atom stereocenters. The summed E-state index contributed by atoms with van der Waals surface area (Å²) in [5, 5.41) is 2.95. The van der Waals surface area contributed by atoms with Gasteiger partial charge in [-0.05, 0) is 68.7 Å². The maximum Gasteiger partial charge on any atom is 0.258 e.